The van der Waals surface area contributed by atoms with Crippen LogP contribution < -0.4 is 0 Å². The normalized spacial score (nSPS) is 11.5. The Kier molecular flexibility index (Phi) is 2.33. The maximum atomic E-state index is 5.72. The maximum absolute atomic E-state index is 5.72. The molecule has 74 valence electrons. The van der Waals surface area contributed by atoms with Crippen LogP contribution in [0, 0.1) is 0 Å². The van der Waals surface area contributed by atoms with Gasteiger partial charge in [0.2, 0.25) is 0 Å². The van der Waals surface area contributed by atoms with E-state index in [1.165, 1.54) is 0 Å². The Balaban J connectivity index is 2.66. The van der Waals surface area contributed by atoms with Crippen LogP contribution in [-0.4, -0.2) is 19.9 Å². The van der Waals surface area contributed by atoms with Crippen molar-refractivity contribution in [3.8, 4) is 0 Å². The zero-order valence-corrected chi connectivity index (χ0v) is 9.19. The third kappa shape index (κ3) is 1.55. The van der Waals surface area contributed by atoms with Crippen LogP contribution in [0.3, 0.4) is 0 Å². The fourth-order valence-corrected chi connectivity index (χ4v) is 1.33. The van der Waals surface area contributed by atoms with Gasteiger partial charge in [-0.3, -0.25) is 0 Å². The molecule has 0 saturated carbocycles. The highest BCUT2D eigenvalue weighted by Crippen LogP contribution is 2.21. The number of imidazole rings is 1. The lowest BCUT2D eigenvalue weighted by molar-refractivity contribution is 0.797. The number of hydrogen-bond acceptors (Lipinski definition) is 3. The van der Waals surface area contributed by atoms with E-state index >= 15 is 0 Å². The van der Waals surface area contributed by atoms with E-state index in [-0.39, 0.29) is 10.3 Å². The quantitative estimate of drug-likeness (QED) is 0.820. The van der Waals surface area contributed by atoms with Gasteiger partial charge in [0, 0.05) is 5.92 Å². The van der Waals surface area contributed by atoms with Gasteiger partial charge in [-0.05, 0) is 0 Å². The van der Waals surface area contributed by atoms with Crippen molar-refractivity contribution < 1.29 is 0 Å². The fourth-order valence-electron chi connectivity index (χ4n) is 1.08. The zero-order chi connectivity index (χ0) is 10.3. The highest BCUT2D eigenvalue weighted by Gasteiger charge is 2.11. The molecule has 0 atom stereocenters. The third-order valence-electron chi connectivity index (χ3n) is 1.82. The van der Waals surface area contributed by atoms with Crippen LogP contribution in [0.15, 0.2) is 0 Å². The highest BCUT2D eigenvalue weighted by atomic mass is 35.5. The van der Waals surface area contributed by atoms with Crippen molar-refractivity contribution in [1.29, 1.82) is 0 Å². The SMILES string of the molecule is CC(C)c1nc2nc(Cl)c(Cl)nc2[nH]1. The largest absolute Gasteiger partial charge is 0.325 e. The first-order valence-electron chi connectivity index (χ1n) is 4.16. The number of aromatic amines is 1. The number of nitrogens with one attached hydrogen (secondary N) is 1. The Morgan fingerprint density at radius 2 is 1.71 bits per heavy atom. The number of halogens is 2. The predicted molar refractivity (Wildman–Crippen MR) is 55.8 cm³/mol. The lowest BCUT2D eigenvalue weighted by Crippen LogP contribution is -1.88. The van der Waals surface area contributed by atoms with Gasteiger partial charge in [-0.2, -0.15) is 0 Å². The summed E-state index contributed by atoms with van der Waals surface area (Å²) in [5.74, 6) is 1.13. The molecule has 0 amide bonds. The second kappa shape index (κ2) is 3.37. The molecular formula is C8H8Cl2N4. The van der Waals surface area contributed by atoms with Crippen LogP contribution in [0.25, 0.3) is 11.3 Å². The third-order valence-corrected chi connectivity index (χ3v) is 2.44. The van der Waals surface area contributed by atoms with Crippen molar-refractivity contribution in [2.75, 3.05) is 0 Å². The molecule has 0 spiro atoms. The topological polar surface area (TPSA) is 54.5 Å². The van der Waals surface area contributed by atoms with Gasteiger partial charge in [0.1, 0.15) is 5.82 Å². The molecule has 1 N–H and O–H groups in total. The van der Waals surface area contributed by atoms with Gasteiger partial charge in [-0.1, -0.05) is 37.0 Å². The summed E-state index contributed by atoms with van der Waals surface area (Å²) in [5, 5.41) is 0.374. The number of rotatable bonds is 1. The Morgan fingerprint density at radius 3 is 2.36 bits per heavy atom. The summed E-state index contributed by atoms with van der Waals surface area (Å²) in [6.45, 7) is 4.06. The lowest BCUT2D eigenvalue weighted by atomic mass is 10.2. The molecule has 0 radical (unpaired) electrons. The summed E-state index contributed by atoms with van der Waals surface area (Å²) < 4.78 is 0. The number of aromatic nitrogens is 4. The van der Waals surface area contributed by atoms with Crippen molar-refractivity contribution in [2.24, 2.45) is 0 Å². The molecule has 0 aliphatic heterocycles. The van der Waals surface area contributed by atoms with Gasteiger partial charge in [-0.15, -0.1) is 0 Å². The van der Waals surface area contributed by atoms with Crippen molar-refractivity contribution >= 4 is 34.5 Å². The maximum Gasteiger partial charge on any atom is 0.199 e. The minimum Gasteiger partial charge on any atom is -0.325 e. The van der Waals surface area contributed by atoms with Gasteiger partial charge in [0.15, 0.2) is 21.6 Å². The average molecular weight is 231 g/mol. The monoisotopic (exact) mass is 230 g/mol. The van der Waals surface area contributed by atoms with Crippen LogP contribution in [0.2, 0.25) is 10.3 Å². The van der Waals surface area contributed by atoms with Crippen molar-refractivity contribution in [2.45, 2.75) is 19.8 Å². The Morgan fingerprint density at radius 1 is 1.07 bits per heavy atom. The van der Waals surface area contributed by atoms with Crippen LogP contribution in [0.5, 0.6) is 0 Å². The smallest absolute Gasteiger partial charge is 0.199 e. The molecule has 0 bridgehead atoms. The molecule has 0 saturated heterocycles. The number of H-pyrrole nitrogens is 1. The summed E-state index contributed by atoms with van der Waals surface area (Å²) in [7, 11) is 0. The molecule has 0 unspecified atom stereocenters. The first kappa shape index (κ1) is 9.68. The van der Waals surface area contributed by atoms with E-state index in [1.807, 2.05) is 13.8 Å². The van der Waals surface area contributed by atoms with Gasteiger partial charge >= 0.3 is 0 Å². The predicted octanol–water partition coefficient (Wildman–Crippen LogP) is 2.78. The van der Waals surface area contributed by atoms with E-state index < -0.39 is 0 Å². The summed E-state index contributed by atoms with van der Waals surface area (Å²) >= 11 is 11.4. The average Bonchev–Trinajstić information content (AvgIpc) is 2.48. The molecule has 2 rings (SSSR count). The highest BCUT2D eigenvalue weighted by molar-refractivity contribution is 6.40. The van der Waals surface area contributed by atoms with Crippen LogP contribution in [0.1, 0.15) is 25.6 Å². The summed E-state index contributed by atoms with van der Waals surface area (Å²) in [6.07, 6.45) is 0. The van der Waals surface area contributed by atoms with E-state index in [2.05, 4.69) is 19.9 Å². The fraction of sp³-hybridized carbons (Fsp3) is 0.375. The first-order chi connectivity index (χ1) is 6.58. The molecule has 4 nitrogen and oxygen atoms in total. The van der Waals surface area contributed by atoms with E-state index in [0.29, 0.717) is 17.2 Å². The van der Waals surface area contributed by atoms with Gasteiger partial charge in [-0.25, -0.2) is 15.0 Å². The standard InChI is InChI=1S/C8H8Cl2N4/c1-3(2)6-13-7-8(14-6)12-5(10)4(9)11-7/h3H,1-2H3,(H,11,12,13,14). The molecule has 2 aromatic heterocycles. The number of nitrogens with zero attached hydrogens (tertiary/aromatic N) is 3. The zero-order valence-electron chi connectivity index (χ0n) is 7.67. The lowest BCUT2D eigenvalue weighted by Gasteiger charge is -1.95. The Labute approximate surface area is 90.7 Å². The second-order valence-corrected chi connectivity index (χ2v) is 3.97. The van der Waals surface area contributed by atoms with E-state index in [1.54, 1.807) is 0 Å². The molecular weight excluding hydrogens is 223 g/mol. The molecule has 0 fully saturated rings. The van der Waals surface area contributed by atoms with Gasteiger partial charge < -0.3 is 4.98 Å². The Hall–Kier alpha value is -0.870. The van der Waals surface area contributed by atoms with Crippen LogP contribution in [-0.2, 0) is 0 Å². The minimum atomic E-state index is 0.181. The molecule has 2 heterocycles. The molecule has 0 aliphatic carbocycles. The molecule has 0 aliphatic rings. The van der Waals surface area contributed by atoms with Crippen molar-refractivity contribution in [3.63, 3.8) is 0 Å². The molecule has 14 heavy (non-hydrogen) atoms. The summed E-state index contributed by atoms with van der Waals surface area (Å²) in [5.41, 5.74) is 1.08. The summed E-state index contributed by atoms with van der Waals surface area (Å²) in [4.78, 5) is 15.3. The Bertz CT molecular complexity index is 438. The van der Waals surface area contributed by atoms with Gasteiger partial charge in [0.05, 0.1) is 0 Å². The molecule has 0 aromatic carbocycles. The second-order valence-electron chi connectivity index (χ2n) is 3.25. The summed E-state index contributed by atoms with van der Waals surface area (Å²) in [6, 6.07) is 0. The van der Waals surface area contributed by atoms with Crippen molar-refractivity contribution in [1.82, 2.24) is 19.9 Å². The van der Waals surface area contributed by atoms with E-state index in [0.717, 1.165) is 5.82 Å². The van der Waals surface area contributed by atoms with E-state index in [9.17, 15) is 0 Å². The van der Waals surface area contributed by atoms with E-state index in [4.69, 9.17) is 23.2 Å². The van der Waals surface area contributed by atoms with Crippen LogP contribution >= 0.6 is 23.2 Å². The molecule has 2 aromatic rings. The first-order valence-corrected chi connectivity index (χ1v) is 4.92. The van der Waals surface area contributed by atoms with Crippen molar-refractivity contribution in [3.05, 3.63) is 16.1 Å². The molecule has 6 heteroatoms. The minimum absolute atomic E-state index is 0.181. The number of hydrogen-bond donors (Lipinski definition) is 1. The van der Waals surface area contributed by atoms with Crippen LogP contribution in [0.4, 0.5) is 0 Å². The van der Waals surface area contributed by atoms with Gasteiger partial charge in [0.25, 0.3) is 0 Å². The number of fused-ring (bicyclic) bond motifs is 1.